The number of aryl methyl sites for hydroxylation is 2. The summed E-state index contributed by atoms with van der Waals surface area (Å²) in [6, 6.07) is 3.56. The highest BCUT2D eigenvalue weighted by Crippen LogP contribution is 2.20. The molecular weight excluding hydrogens is 255 g/mol. The van der Waals surface area contributed by atoms with Gasteiger partial charge in [0.15, 0.2) is 0 Å². The number of amidine groups is 1. The second-order valence-corrected chi connectivity index (χ2v) is 4.06. The van der Waals surface area contributed by atoms with Gasteiger partial charge in [-0.1, -0.05) is 0 Å². The van der Waals surface area contributed by atoms with Gasteiger partial charge in [-0.15, -0.1) is 0 Å². The topological polar surface area (TPSA) is 37.6 Å². The zero-order valence-electron chi connectivity index (χ0n) is 10.9. The summed E-state index contributed by atoms with van der Waals surface area (Å²) in [6.45, 7) is 8.18. The van der Waals surface area contributed by atoms with E-state index in [0.29, 0.717) is 5.57 Å². The lowest BCUT2D eigenvalue weighted by molar-refractivity contribution is -0.0596. The number of alkyl halides is 3. The summed E-state index contributed by atoms with van der Waals surface area (Å²) >= 11 is 0. The molecule has 1 heterocycles. The van der Waals surface area contributed by atoms with Crippen molar-refractivity contribution < 1.29 is 13.2 Å². The SMILES string of the molecule is C=NC(=N/C=C(\C)c1cc(C)nc(C)c1)C(F)(F)F. The van der Waals surface area contributed by atoms with Crippen molar-refractivity contribution in [2.75, 3.05) is 0 Å². The van der Waals surface area contributed by atoms with Gasteiger partial charge in [-0.3, -0.25) is 4.98 Å². The van der Waals surface area contributed by atoms with Crippen LogP contribution in [0.3, 0.4) is 0 Å². The Hall–Kier alpha value is -1.98. The van der Waals surface area contributed by atoms with Crippen LogP contribution >= 0.6 is 0 Å². The van der Waals surface area contributed by atoms with Gasteiger partial charge in [0.1, 0.15) is 0 Å². The molecule has 0 fully saturated rings. The first-order valence-electron chi connectivity index (χ1n) is 5.48. The fourth-order valence-corrected chi connectivity index (χ4v) is 1.50. The molecule has 0 aliphatic carbocycles. The van der Waals surface area contributed by atoms with E-state index >= 15 is 0 Å². The Morgan fingerprint density at radius 1 is 1.26 bits per heavy atom. The molecule has 0 bridgehead atoms. The molecule has 102 valence electrons. The summed E-state index contributed by atoms with van der Waals surface area (Å²) in [4.78, 5) is 10.4. The smallest absolute Gasteiger partial charge is 0.258 e. The van der Waals surface area contributed by atoms with Gasteiger partial charge in [0.2, 0.25) is 5.84 Å². The third-order valence-electron chi connectivity index (χ3n) is 2.32. The molecule has 0 saturated heterocycles. The molecule has 3 nitrogen and oxygen atoms in total. The Morgan fingerprint density at radius 3 is 2.21 bits per heavy atom. The minimum atomic E-state index is -4.59. The first-order valence-corrected chi connectivity index (χ1v) is 5.48. The average molecular weight is 269 g/mol. The number of pyridine rings is 1. The van der Waals surface area contributed by atoms with Crippen LogP contribution < -0.4 is 0 Å². The fraction of sp³-hybridized carbons (Fsp3) is 0.308. The van der Waals surface area contributed by atoms with E-state index in [1.165, 1.54) is 0 Å². The zero-order valence-corrected chi connectivity index (χ0v) is 10.9. The lowest BCUT2D eigenvalue weighted by Gasteiger charge is -2.05. The van der Waals surface area contributed by atoms with Crippen molar-refractivity contribution in [3.8, 4) is 0 Å². The Morgan fingerprint density at radius 2 is 1.79 bits per heavy atom. The largest absolute Gasteiger partial charge is 0.451 e. The Bertz CT molecular complexity index is 522. The Balaban J connectivity index is 3.12. The third-order valence-corrected chi connectivity index (χ3v) is 2.32. The highest BCUT2D eigenvalue weighted by atomic mass is 19.4. The monoisotopic (exact) mass is 269 g/mol. The van der Waals surface area contributed by atoms with Crippen molar-refractivity contribution in [1.82, 2.24) is 4.98 Å². The van der Waals surface area contributed by atoms with Gasteiger partial charge in [0.05, 0.1) is 0 Å². The van der Waals surface area contributed by atoms with E-state index < -0.39 is 12.0 Å². The van der Waals surface area contributed by atoms with Crippen LogP contribution in [0.25, 0.3) is 5.57 Å². The molecule has 6 heteroatoms. The maximum Gasteiger partial charge on any atom is 0.451 e. The zero-order chi connectivity index (χ0) is 14.6. The van der Waals surface area contributed by atoms with Crippen LogP contribution in [0.2, 0.25) is 0 Å². The van der Waals surface area contributed by atoms with Crippen molar-refractivity contribution in [2.24, 2.45) is 9.98 Å². The average Bonchev–Trinajstić information content (AvgIpc) is 2.26. The first kappa shape index (κ1) is 15.1. The van der Waals surface area contributed by atoms with Gasteiger partial charge in [-0.25, -0.2) is 9.98 Å². The highest BCUT2D eigenvalue weighted by molar-refractivity contribution is 5.91. The maximum absolute atomic E-state index is 12.4. The van der Waals surface area contributed by atoms with Crippen LogP contribution in [0.5, 0.6) is 0 Å². The summed E-state index contributed by atoms with van der Waals surface area (Å²) in [6.07, 6.45) is -3.46. The number of rotatable bonds is 2. The van der Waals surface area contributed by atoms with Gasteiger partial charge in [-0.2, -0.15) is 13.2 Å². The number of halogens is 3. The van der Waals surface area contributed by atoms with Crippen molar-refractivity contribution in [3.05, 3.63) is 35.3 Å². The van der Waals surface area contributed by atoms with Crippen LogP contribution in [0, 0.1) is 13.8 Å². The van der Waals surface area contributed by atoms with Gasteiger partial charge in [-0.05, 0) is 50.8 Å². The lowest BCUT2D eigenvalue weighted by atomic mass is 10.1. The molecular formula is C13H14F3N3. The van der Waals surface area contributed by atoms with E-state index in [-0.39, 0.29) is 0 Å². The number of aliphatic imine (C=N–C) groups is 2. The molecule has 0 atom stereocenters. The molecule has 0 aromatic carbocycles. The number of nitrogens with zero attached hydrogens (tertiary/aromatic N) is 3. The number of hydrogen-bond donors (Lipinski definition) is 0. The molecule has 0 spiro atoms. The molecule has 0 radical (unpaired) electrons. The number of hydrogen-bond acceptors (Lipinski definition) is 2. The molecule has 0 amide bonds. The molecule has 0 aliphatic heterocycles. The van der Waals surface area contributed by atoms with E-state index in [0.717, 1.165) is 23.2 Å². The third kappa shape index (κ3) is 4.31. The van der Waals surface area contributed by atoms with Crippen LogP contribution in [-0.2, 0) is 0 Å². The van der Waals surface area contributed by atoms with E-state index in [2.05, 4.69) is 21.7 Å². The molecule has 1 rings (SSSR count). The van der Waals surface area contributed by atoms with Gasteiger partial charge >= 0.3 is 6.18 Å². The van der Waals surface area contributed by atoms with E-state index in [1.807, 2.05) is 13.8 Å². The molecule has 0 aliphatic rings. The predicted molar refractivity (Wildman–Crippen MR) is 70.4 cm³/mol. The molecule has 19 heavy (non-hydrogen) atoms. The molecule has 1 aromatic heterocycles. The van der Waals surface area contributed by atoms with E-state index in [1.54, 1.807) is 19.1 Å². The molecule has 0 N–H and O–H groups in total. The number of aromatic nitrogens is 1. The summed E-state index contributed by atoms with van der Waals surface area (Å²) in [5.41, 5.74) is 2.97. The van der Waals surface area contributed by atoms with Crippen molar-refractivity contribution in [1.29, 1.82) is 0 Å². The number of allylic oxidation sites excluding steroid dienone is 1. The van der Waals surface area contributed by atoms with Crippen LogP contribution in [0.1, 0.15) is 23.9 Å². The molecule has 0 unspecified atom stereocenters. The van der Waals surface area contributed by atoms with Crippen molar-refractivity contribution in [3.63, 3.8) is 0 Å². The quantitative estimate of drug-likeness (QED) is 0.595. The fourth-order valence-electron chi connectivity index (χ4n) is 1.50. The van der Waals surface area contributed by atoms with Crippen molar-refractivity contribution in [2.45, 2.75) is 26.9 Å². The standard InChI is InChI=1S/C13H14F3N3/c1-8(7-18-12(17-4)13(14,15)16)11-5-9(2)19-10(3)6-11/h5-7H,4H2,1-3H3/b8-7+,18-12?. The normalized spacial score (nSPS) is 13.6. The van der Waals surface area contributed by atoms with Crippen LogP contribution in [-0.4, -0.2) is 23.7 Å². The Kier molecular flexibility index (Phi) is 4.58. The molecule has 1 aromatic rings. The Labute approximate surface area is 109 Å². The van der Waals surface area contributed by atoms with Crippen LogP contribution in [0.4, 0.5) is 13.2 Å². The summed E-state index contributed by atoms with van der Waals surface area (Å²) in [7, 11) is 0. The summed E-state index contributed by atoms with van der Waals surface area (Å²) in [5.74, 6) is -1.26. The second-order valence-electron chi connectivity index (χ2n) is 4.06. The van der Waals surface area contributed by atoms with Gasteiger partial charge in [0, 0.05) is 17.6 Å². The minimum Gasteiger partial charge on any atom is -0.258 e. The van der Waals surface area contributed by atoms with Crippen molar-refractivity contribution >= 4 is 18.1 Å². The van der Waals surface area contributed by atoms with E-state index in [9.17, 15) is 13.2 Å². The lowest BCUT2D eigenvalue weighted by Crippen LogP contribution is -2.20. The summed E-state index contributed by atoms with van der Waals surface area (Å²) in [5, 5.41) is 0. The molecule has 0 saturated carbocycles. The first-order chi connectivity index (χ1) is 8.74. The minimum absolute atomic E-state index is 0.596. The van der Waals surface area contributed by atoms with Gasteiger partial charge < -0.3 is 0 Å². The van der Waals surface area contributed by atoms with Gasteiger partial charge in [0.25, 0.3) is 0 Å². The highest BCUT2D eigenvalue weighted by Gasteiger charge is 2.35. The predicted octanol–water partition coefficient (Wildman–Crippen LogP) is 3.72. The maximum atomic E-state index is 12.4. The summed E-state index contributed by atoms with van der Waals surface area (Å²) < 4.78 is 37.2. The second kappa shape index (κ2) is 5.77. The van der Waals surface area contributed by atoms with Crippen LogP contribution in [0.15, 0.2) is 28.3 Å². The van der Waals surface area contributed by atoms with E-state index in [4.69, 9.17) is 0 Å².